The summed E-state index contributed by atoms with van der Waals surface area (Å²) in [6.45, 7) is 0.257. The van der Waals surface area contributed by atoms with Gasteiger partial charge < -0.3 is 15.2 Å². The minimum absolute atomic E-state index is 0.0635. The molecule has 0 aliphatic carbocycles. The Bertz CT molecular complexity index is 632. The van der Waals surface area contributed by atoms with Crippen LogP contribution in [0.15, 0.2) is 42.5 Å². The fourth-order valence-electron chi connectivity index (χ4n) is 1.63. The highest BCUT2D eigenvalue weighted by Gasteiger charge is 2.32. The molecule has 0 atom stereocenters. The Balaban J connectivity index is 2.25. The van der Waals surface area contributed by atoms with E-state index in [1.54, 1.807) is 12.1 Å². The number of benzene rings is 2. The molecule has 2 aromatic rings. The summed E-state index contributed by atoms with van der Waals surface area (Å²) in [5.74, 6) is -0.203. The number of halogens is 4. The van der Waals surface area contributed by atoms with Crippen LogP contribution in [0.5, 0.6) is 17.2 Å². The van der Waals surface area contributed by atoms with Gasteiger partial charge in [-0.25, -0.2) is 0 Å². The van der Waals surface area contributed by atoms with E-state index in [0.29, 0.717) is 10.6 Å². The van der Waals surface area contributed by atoms with Gasteiger partial charge in [0.05, 0.1) is 0 Å². The zero-order valence-corrected chi connectivity index (χ0v) is 11.4. The van der Waals surface area contributed by atoms with Crippen molar-refractivity contribution in [3.63, 3.8) is 0 Å². The van der Waals surface area contributed by atoms with Crippen molar-refractivity contribution in [2.45, 2.75) is 12.9 Å². The molecule has 3 nitrogen and oxygen atoms in total. The topological polar surface area (TPSA) is 44.5 Å². The van der Waals surface area contributed by atoms with E-state index in [1.165, 1.54) is 30.3 Å². The standard InChI is InChI=1S/C14H11ClF3NO2/c15-11-7-10(6-5-9(11)8-19)20-12-3-1-2-4-13(12)21-14(16,17)18/h1-7H,8,19H2. The molecule has 0 bridgehead atoms. The van der Waals surface area contributed by atoms with Gasteiger partial charge in [0.2, 0.25) is 0 Å². The van der Waals surface area contributed by atoms with Crippen LogP contribution in [0.25, 0.3) is 0 Å². The molecule has 7 heteroatoms. The second kappa shape index (κ2) is 6.24. The quantitative estimate of drug-likeness (QED) is 0.903. The fourth-order valence-corrected chi connectivity index (χ4v) is 1.88. The lowest BCUT2D eigenvalue weighted by molar-refractivity contribution is -0.275. The van der Waals surface area contributed by atoms with Gasteiger partial charge in [-0.15, -0.1) is 13.2 Å². The molecule has 0 unspecified atom stereocenters. The molecule has 0 saturated carbocycles. The zero-order valence-electron chi connectivity index (χ0n) is 10.7. The highest BCUT2D eigenvalue weighted by molar-refractivity contribution is 6.31. The van der Waals surface area contributed by atoms with Crippen LogP contribution in [0, 0.1) is 0 Å². The molecule has 112 valence electrons. The molecule has 2 rings (SSSR count). The molecule has 0 amide bonds. The summed E-state index contributed by atoms with van der Waals surface area (Å²) in [6, 6.07) is 10.2. The van der Waals surface area contributed by atoms with Crippen LogP contribution in [0.2, 0.25) is 5.02 Å². The van der Waals surface area contributed by atoms with Gasteiger partial charge in [-0.2, -0.15) is 0 Å². The van der Waals surface area contributed by atoms with E-state index in [2.05, 4.69) is 4.74 Å². The SMILES string of the molecule is NCc1ccc(Oc2ccccc2OC(F)(F)F)cc1Cl. The average molecular weight is 318 g/mol. The average Bonchev–Trinajstić information content (AvgIpc) is 2.40. The maximum atomic E-state index is 12.3. The van der Waals surface area contributed by atoms with Gasteiger partial charge in [0.1, 0.15) is 5.75 Å². The molecule has 0 aromatic heterocycles. The number of rotatable bonds is 4. The zero-order chi connectivity index (χ0) is 15.5. The third-order valence-electron chi connectivity index (χ3n) is 2.55. The first-order valence-corrected chi connectivity index (χ1v) is 6.28. The van der Waals surface area contributed by atoms with Crippen molar-refractivity contribution in [1.29, 1.82) is 0 Å². The Morgan fingerprint density at radius 2 is 1.71 bits per heavy atom. The van der Waals surface area contributed by atoms with Crippen molar-refractivity contribution in [2.75, 3.05) is 0 Å². The second-order valence-corrected chi connectivity index (χ2v) is 4.46. The molecule has 0 radical (unpaired) electrons. The minimum Gasteiger partial charge on any atom is -0.453 e. The number of hydrogen-bond acceptors (Lipinski definition) is 3. The van der Waals surface area contributed by atoms with E-state index in [-0.39, 0.29) is 18.0 Å². The van der Waals surface area contributed by atoms with Crippen molar-refractivity contribution in [1.82, 2.24) is 0 Å². The molecule has 2 aromatic carbocycles. The predicted molar refractivity (Wildman–Crippen MR) is 72.5 cm³/mol. The first-order chi connectivity index (χ1) is 9.89. The summed E-state index contributed by atoms with van der Waals surface area (Å²) in [4.78, 5) is 0. The Hall–Kier alpha value is -1.92. The molecule has 0 aliphatic rings. The van der Waals surface area contributed by atoms with Crippen LogP contribution >= 0.6 is 11.6 Å². The molecule has 0 aliphatic heterocycles. The summed E-state index contributed by atoms with van der Waals surface area (Å²) in [5, 5.41) is 0.379. The van der Waals surface area contributed by atoms with Gasteiger partial charge >= 0.3 is 6.36 Å². The van der Waals surface area contributed by atoms with Crippen molar-refractivity contribution in [3.05, 3.63) is 53.1 Å². The van der Waals surface area contributed by atoms with Gasteiger partial charge in [-0.1, -0.05) is 29.8 Å². The summed E-state index contributed by atoms with van der Waals surface area (Å²) in [6.07, 6.45) is -4.79. The number of ether oxygens (including phenoxy) is 2. The minimum atomic E-state index is -4.79. The van der Waals surface area contributed by atoms with E-state index in [4.69, 9.17) is 22.1 Å². The largest absolute Gasteiger partial charge is 0.573 e. The molecule has 0 heterocycles. The van der Waals surface area contributed by atoms with Crippen LogP contribution in [0.4, 0.5) is 13.2 Å². The summed E-state index contributed by atoms with van der Waals surface area (Å²) >= 11 is 5.97. The van der Waals surface area contributed by atoms with Gasteiger partial charge in [0, 0.05) is 11.6 Å². The highest BCUT2D eigenvalue weighted by Crippen LogP contribution is 2.35. The molecular formula is C14H11ClF3NO2. The number of hydrogen-bond donors (Lipinski definition) is 1. The van der Waals surface area contributed by atoms with E-state index < -0.39 is 12.1 Å². The lowest BCUT2D eigenvalue weighted by Crippen LogP contribution is -2.17. The van der Waals surface area contributed by atoms with Crippen LogP contribution < -0.4 is 15.2 Å². The maximum absolute atomic E-state index is 12.3. The van der Waals surface area contributed by atoms with Gasteiger partial charge in [-0.3, -0.25) is 0 Å². The van der Waals surface area contributed by atoms with Gasteiger partial charge in [0.25, 0.3) is 0 Å². The molecule has 21 heavy (non-hydrogen) atoms. The monoisotopic (exact) mass is 317 g/mol. The van der Waals surface area contributed by atoms with Crippen molar-refractivity contribution >= 4 is 11.6 Å². The lowest BCUT2D eigenvalue weighted by Gasteiger charge is -2.14. The van der Waals surface area contributed by atoms with Crippen LogP contribution in [0.3, 0.4) is 0 Å². The smallest absolute Gasteiger partial charge is 0.453 e. The molecule has 0 spiro atoms. The Kier molecular flexibility index (Phi) is 4.59. The normalized spacial score (nSPS) is 11.3. The van der Waals surface area contributed by atoms with Crippen LogP contribution in [-0.2, 0) is 6.54 Å². The summed E-state index contributed by atoms with van der Waals surface area (Å²) < 4.78 is 46.2. The molecule has 0 fully saturated rings. The molecule has 0 saturated heterocycles. The Morgan fingerprint density at radius 1 is 1.05 bits per heavy atom. The summed E-state index contributed by atoms with van der Waals surface area (Å²) in [7, 11) is 0. The third kappa shape index (κ3) is 4.27. The van der Waals surface area contributed by atoms with E-state index in [0.717, 1.165) is 0 Å². The lowest BCUT2D eigenvalue weighted by atomic mass is 10.2. The number of para-hydroxylation sites is 2. The van der Waals surface area contributed by atoms with Gasteiger partial charge in [-0.05, 0) is 29.8 Å². The maximum Gasteiger partial charge on any atom is 0.573 e. The van der Waals surface area contributed by atoms with E-state index in [9.17, 15) is 13.2 Å². The van der Waals surface area contributed by atoms with Crippen LogP contribution in [0.1, 0.15) is 5.56 Å². The van der Waals surface area contributed by atoms with Crippen LogP contribution in [-0.4, -0.2) is 6.36 Å². The molecule has 2 N–H and O–H groups in total. The second-order valence-electron chi connectivity index (χ2n) is 4.05. The Morgan fingerprint density at radius 3 is 2.29 bits per heavy atom. The first kappa shape index (κ1) is 15.5. The van der Waals surface area contributed by atoms with E-state index in [1.807, 2.05) is 0 Å². The van der Waals surface area contributed by atoms with E-state index >= 15 is 0 Å². The van der Waals surface area contributed by atoms with Gasteiger partial charge in [0.15, 0.2) is 11.5 Å². The predicted octanol–water partition coefficient (Wildman–Crippen LogP) is 4.49. The van der Waals surface area contributed by atoms with Crippen molar-refractivity contribution in [2.24, 2.45) is 5.73 Å². The Labute approximate surface area is 124 Å². The molecular weight excluding hydrogens is 307 g/mol. The fraction of sp³-hybridized carbons (Fsp3) is 0.143. The highest BCUT2D eigenvalue weighted by atomic mass is 35.5. The number of nitrogens with two attached hydrogens (primary N) is 1. The summed E-state index contributed by atoms with van der Waals surface area (Å²) in [5.41, 5.74) is 6.19. The number of alkyl halides is 3. The third-order valence-corrected chi connectivity index (χ3v) is 2.90. The van der Waals surface area contributed by atoms with Crippen molar-refractivity contribution < 1.29 is 22.6 Å². The first-order valence-electron chi connectivity index (χ1n) is 5.90. The van der Waals surface area contributed by atoms with Crippen molar-refractivity contribution in [3.8, 4) is 17.2 Å².